The Balaban J connectivity index is 2.25. The van der Waals surface area contributed by atoms with Crippen molar-refractivity contribution in [1.29, 1.82) is 0 Å². The Morgan fingerprint density at radius 1 is 1.57 bits per heavy atom. The lowest BCUT2D eigenvalue weighted by Gasteiger charge is -2.35. The fraction of sp³-hybridized carbons (Fsp3) is 0.615. The number of nitrogens with zero attached hydrogens (tertiary/aromatic N) is 3. The number of aromatic nitrogens is 2. The van der Waals surface area contributed by atoms with Crippen molar-refractivity contribution in [2.24, 2.45) is 0 Å². The van der Waals surface area contributed by atoms with Crippen molar-refractivity contribution in [2.45, 2.75) is 19.4 Å². The zero-order valence-corrected chi connectivity index (χ0v) is 12.4. The summed E-state index contributed by atoms with van der Waals surface area (Å²) in [6.07, 6.45) is 0.984. The van der Waals surface area contributed by atoms with E-state index in [4.69, 9.17) is 10.5 Å². The molecule has 0 aliphatic carbocycles. The van der Waals surface area contributed by atoms with E-state index in [1.54, 1.807) is 7.05 Å². The minimum absolute atomic E-state index is 0.102. The zero-order chi connectivity index (χ0) is 15.2. The third-order valence-electron chi connectivity index (χ3n) is 3.26. The number of carbonyl (C=O) groups is 1. The minimum atomic E-state index is -0.405. The van der Waals surface area contributed by atoms with Crippen LogP contribution in [-0.4, -0.2) is 55.3 Å². The normalized spacial score (nSPS) is 18.4. The largest absolute Gasteiger partial charge is 0.377 e. The van der Waals surface area contributed by atoms with Gasteiger partial charge in [-0.2, -0.15) is 9.97 Å². The Morgan fingerprint density at radius 3 is 3.10 bits per heavy atom. The van der Waals surface area contributed by atoms with Gasteiger partial charge in [-0.25, -0.2) is 0 Å². The van der Waals surface area contributed by atoms with Crippen molar-refractivity contribution < 1.29 is 9.53 Å². The molecular formula is C13H22N6O2. The average molecular weight is 294 g/mol. The van der Waals surface area contributed by atoms with Crippen LogP contribution in [0, 0.1) is 0 Å². The Bertz CT molecular complexity index is 496. The summed E-state index contributed by atoms with van der Waals surface area (Å²) >= 11 is 0. The minimum Gasteiger partial charge on any atom is -0.377 e. The first-order valence-electron chi connectivity index (χ1n) is 7.10. The number of anilines is 3. The van der Waals surface area contributed by atoms with Crippen LogP contribution in [0.4, 0.5) is 17.6 Å². The van der Waals surface area contributed by atoms with Crippen LogP contribution < -0.4 is 21.3 Å². The molecule has 0 radical (unpaired) electrons. The summed E-state index contributed by atoms with van der Waals surface area (Å²) in [5.74, 6) is 1.39. The molecule has 1 unspecified atom stereocenters. The molecule has 0 bridgehead atoms. The highest BCUT2D eigenvalue weighted by atomic mass is 16.5. The Morgan fingerprint density at radius 2 is 2.38 bits per heavy atom. The molecule has 21 heavy (non-hydrogen) atoms. The second kappa shape index (κ2) is 7.07. The van der Waals surface area contributed by atoms with Crippen LogP contribution in [-0.2, 0) is 9.53 Å². The van der Waals surface area contributed by atoms with Crippen molar-refractivity contribution >= 4 is 23.5 Å². The fourth-order valence-electron chi connectivity index (χ4n) is 2.21. The van der Waals surface area contributed by atoms with Crippen LogP contribution in [0.3, 0.4) is 0 Å². The number of rotatable bonds is 5. The number of hydrogen-bond acceptors (Lipinski definition) is 7. The lowest BCUT2D eigenvalue weighted by Crippen LogP contribution is -2.53. The van der Waals surface area contributed by atoms with Crippen LogP contribution in [0.15, 0.2) is 6.07 Å². The van der Waals surface area contributed by atoms with Gasteiger partial charge in [0.05, 0.1) is 13.2 Å². The summed E-state index contributed by atoms with van der Waals surface area (Å²) in [5.41, 5.74) is 5.77. The maximum absolute atomic E-state index is 12.0. The van der Waals surface area contributed by atoms with Crippen molar-refractivity contribution in [3.63, 3.8) is 0 Å². The van der Waals surface area contributed by atoms with E-state index in [0.717, 1.165) is 13.0 Å². The van der Waals surface area contributed by atoms with E-state index < -0.39 is 6.04 Å². The van der Waals surface area contributed by atoms with Crippen LogP contribution in [0.1, 0.15) is 13.3 Å². The van der Waals surface area contributed by atoms with Gasteiger partial charge in [0.15, 0.2) is 0 Å². The maximum Gasteiger partial charge on any atom is 0.244 e. The monoisotopic (exact) mass is 294 g/mol. The molecule has 8 heteroatoms. The second-order valence-corrected chi connectivity index (χ2v) is 4.79. The SMILES string of the molecule is CCCNc1cc(N2CCOCC2C(=O)NC)nc(N)n1. The first kappa shape index (κ1) is 15.3. The van der Waals surface area contributed by atoms with Crippen molar-refractivity contribution in [2.75, 3.05) is 49.3 Å². The van der Waals surface area contributed by atoms with Crippen LogP contribution >= 0.6 is 0 Å². The first-order chi connectivity index (χ1) is 10.2. The molecule has 0 aromatic carbocycles. The van der Waals surface area contributed by atoms with Gasteiger partial charge in [0.25, 0.3) is 0 Å². The van der Waals surface area contributed by atoms with E-state index >= 15 is 0 Å². The Kier molecular flexibility index (Phi) is 5.15. The third-order valence-corrected chi connectivity index (χ3v) is 3.26. The lowest BCUT2D eigenvalue weighted by molar-refractivity contribution is -0.124. The van der Waals surface area contributed by atoms with E-state index in [-0.39, 0.29) is 11.9 Å². The van der Waals surface area contributed by atoms with Gasteiger partial charge < -0.3 is 26.0 Å². The van der Waals surface area contributed by atoms with E-state index in [1.165, 1.54) is 0 Å². The summed E-state index contributed by atoms with van der Waals surface area (Å²) < 4.78 is 5.39. The molecular weight excluding hydrogens is 272 g/mol. The van der Waals surface area contributed by atoms with Crippen molar-refractivity contribution in [3.05, 3.63) is 6.07 Å². The number of likely N-dealkylation sites (N-methyl/N-ethyl adjacent to an activating group) is 1. The second-order valence-electron chi connectivity index (χ2n) is 4.79. The molecule has 116 valence electrons. The average Bonchev–Trinajstić information content (AvgIpc) is 2.51. The molecule has 0 saturated carbocycles. The molecule has 1 aromatic heterocycles. The van der Waals surface area contributed by atoms with E-state index in [1.807, 2.05) is 11.0 Å². The number of nitrogen functional groups attached to an aromatic ring is 1. The third kappa shape index (κ3) is 3.72. The molecule has 1 atom stereocenters. The maximum atomic E-state index is 12.0. The van der Waals surface area contributed by atoms with E-state index in [2.05, 4.69) is 27.5 Å². The van der Waals surface area contributed by atoms with Gasteiger partial charge in [0.1, 0.15) is 17.7 Å². The molecule has 1 fully saturated rings. The molecule has 8 nitrogen and oxygen atoms in total. The molecule has 0 spiro atoms. The van der Waals surface area contributed by atoms with Gasteiger partial charge in [0.2, 0.25) is 11.9 Å². The predicted molar refractivity (Wildman–Crippen MR) is 81.2 cm³/mol. The van der Waals surface area contributed by atoms with Gasteiger partial charge in [-0.1, -0.05) is 6.92 Å². The standard InChI is InChI=1S/C13H22N6O2/c1-3-4-16-10-7-11(18-13(14)17-10)19-5-6-21-8-9(19)12(20)15-2/h7,9H,3-6,8H2,1-2H3,(H,15,20)(H3,14,16,17,18). The molecule has 2 rings (SSSR count). The molecule has 4 N–H and O–H groups in total. The van der Waals surface area contributed by atoms with Crippen LogP contribution in [0.2, 0.25) is 0 Å². The van der Waals surface area contributed by atoms with Crippen molar-refractivity contribution in [1.82, 2.24) is 15.3 Å². The van der Waals surface area contributed by atoms with Gasteiger partial charge in [0, 0.05) is 26.2 Å². The highest BCUT2D eigenvalue weighted by molar-refractivity contribution is 5.85. The van der Waals surface area contributed by atoms with Crippen molar-refractivity contribution in [3.8, 4) is 0 Å². The molecule has 1 aliphatic rings. The number of carbonyl (C=O) groups excluding carboxylic acids is 1. The number of amides is 1. The predicted octanol–water partition coefficient (Wildman–Crippen LogP) is -0.168. The molecule has 1 amide bonds. The molecule has 1 aliphatic heterocycles. The van der Waals surface area contributed by atoms with Gasteiger partial charge in [-0.15, -0.1) is 0 Å². The first-order valence-corrected chi connectivity index (χ1v) is 7.10. The number of morpholine rings is 1. The van der Waals surface area contributed by atoms with E-state index in [9.17, 15) is 4.79 Å². The number of nitrogens with two attached hydrogens (primary N) is 1. The Labute approximate surface area is 124 Å². The summed E-state index contributed by atoms with van der Waals surface area (Å²) in [4.78, 5) is 22.3. The summed E-state index contributed by atoms with van der Waals surface area (Å²) in [6.45, 7) is 4.35. The Hall–Kier alpha value is -2.09. The summed E-state index contributed by atoms with van der Waals surface area (Å²) in [5, 5.41) is 5.83. The fourth-order valence-corrected chi connectivity index (χ4v) is 2.21. The number of nitrogens with one attached hydrogen (secondary N) is 2. The molecule has 2 heterocycles. The summed E-state index contributed by atoms with van der Waals surface area (Å²) in [6, 6.07) is 1.41. The smallest absolute Gasteiger partial charge is 0.244 e. The van der Waals surface area contributed by atoms with Crippen LogP contribution in [0.25, 0.3) is 0 Å². The topological polar surface area (TPSA) is 105 Å². The van der Waals surface area contributed by atoms with E-state index in [0.29, 0.717) is 31.4 Å². The summed E-state index contributed by atoms with van der Waals surface area (Å²) in [7, 11) is 1.61. The molecule has 1 aromatic rings. The quantitative estimate of drug-likeness (QED) is 0.692. The zero-order valence-electron chi connectivity index (χ0n) is 12.4. The highest BCUT2D eigenvalue weighted by Crippen LogP contribution is 2.21. The van der Waals surface area contributed by atoms with Gasteiger partial charge in [-0.05, 0) is 6.42 Å². The number of ether oxygens (including phenoxy) is 1. The molecule has 1 saturated heterocycles. The van der Waals surface area contributed by atoms with Crippen LogP contribution in [0.5, 0.6) is 0 Å². The number of hydrogen-bond donors (Lipinski definition) is 3. The lowest BCUT2D eigenvalue weighted by atomic mass is 10.2. The van der Waals surface area contributed by atoms with Gasteiger partial charge >= 0.3 is 0 Å². The highest BCUT2D eigenvalue weighted by Gasteiger charge is 2.30. The van der Waals surface area contributed by atoms with Gasteiger partial charge in [-0.3, -0.25) is 4.79 Å².